The van der Waals surface area contributed by atoms with Crippen molar-refractivity contribution in [2.45, 2.75) is 12.6 Å². The Balaban J connectivity index is 1.93. The lowest BCUT2D eigenvalue weighted by Crippen LogP contribution is -2.23. The summed E-state index contributed by atoms with van der Waals surface area (Å²) in [7, 11) is 1.51. The van der Waals surface area contributed by atoms with Crippen LogP contribution in [0.5, 0.6) is 5.75 Å². The van der Waals surface area contributed by atoms with E-state index in [1.165, 1.54) is 24.1 Å². The van der Waals surface area contributed by atoms with E-state index in [1.54, 1.807) is 18.2 Å². The van der Waals surface area contributed by atoms with Gasteiger partial charge in [0.1, 0.15) is 5.75 Å². The first-order valence-corrected chi connectivity index (χ1v) is 7.16. The van der Waals surface area contributed by atoms with Gasteiger partial charge in [-0.3, -0.25) is 9.36 Å². The third-order valence-electron chi connectivity index (χ3n) is 3.73. The molecule has 0 saturated heterocycles. The smallest absolute Gasteiger partial charge is 0.261 e. The molecule has 0 spiro atoms. The van der Waals surface area contributed by atoms with E-state index in [4.69, 9.17) is 4.74 Å². The van der Waals surface area contributed by atoms with Gasteiger partial charge in [0.05, 0.1) is 37.0 Å². The molecule has 0 aliphatic rings. The molecule has 1 heterocycles. The fourth-order valence-corrected chi connectivity index (χ4v) is 2.41. The molecule has 0 amide bonds. The number of benzene rings is 2. The lowest BCUT2D eigenvalue weighted by molar-refractivity contribution is 0.154. The van der Waals surface area contributed by atoms with E-state index in [9.17, 15) is 18.7 Å². The zero-order chi connectivity index (χ0) is 17.3. The molecule has 7 heteroatoms. The fourth-order valence-electron chi connectivity index (χ4n) is 2.41. The second-order valence-electron chi connectivity index (χ2n) is 5.27. The third-order valence-corrected chi connectivity index (χ3v) is 3.73. The molecule has 1 unspecified atom stereocenters. The average Bonchev–Trinajstić information content (AvgIpc) is 2.59. The van der Waals surface area contributed by atoms with Crippen LogP contribution in [-0.4, -0.2) is 21.8 Å². The Morgan fingerprint density at radius 3 is 2.71 bits per heavy atom. The highest BCUT2D eigenvalue weighted by atomic mass is 19.2. The number of aromatic nitrogens is 2. The summed E-state index contributed by atoms with van der Waals surface area (Å²) in [5.74, 6) is -1.47. The standard InChI is InChI=1S/C17H14F2N2O3/c1-24-11-3-4-12-15(7-11)20-9-21(17(12)23)8-16(22)10-2-5-13(18)14(19)6-10/h2-7,9,16,22H,8H2,1H3. The minimum Gasteiger partial charge on any atom is -0.497 e. The number of fused-ring (bicyclic) bond motifs is 1. The fraction of sp³-hybridized carbons (Fsp3) is 0.176. The highest BCUT2D eigenvalue weighted by molar-refractivity contribution is 5.78. The van der Waals surface area contributed by atoms with Crippen LogP contribution < -0.4 is 10.3 Å². The molecule has 5 nitrogen and oxygen atoms in total. The van der Waals surface area contributed by atoms with Crippen LogP contribution >= 0.6 is 0 Å². The van der Waals surface area contributed by atoms with Gasteiger partial charge in [-0.1, -0.05) is 6.07 Å². The summed E-state index contributed by atoms with van der Waals surface area (Å²) in [5, 5.41) is 10.5. The van der Waals surface area contributed by atoms with E-state index in [-0.39, 0.29) is 17.7 Å². The summed E-state index contributed by atoms with van der Waals surface area (Å²) in [6.45, 7) is -0.126. The molecule has 0 radical (unpaired) electrons. The van der Waals surface area contributed by atoms with Gasteiger partial charge >= 0.3 is 0 Å². The number of methoxy groups -OCH3 is 1. The monoisotopic (exact) mass is 332 g/mol. The van der Waals surface area contributed by atoms with Crippen molar-refractivity contribution in [3.63, 3.8) is 0 Å². The highest BCUT2D eigenvalue weighted by Gasteiger charge is 2.14. The van der Waals surface area contributed by atoms with Crippen molar-refractivity contribution < 1.29 is 18.6 Å². The predicted molar refractivity (Wildman–Crippen MR) is 83.9 cm³/mol. The first-order valence-electron chi connectivity index (χ1n) is 7.16. The first kappa shape index (κ1) is 16.1. The molecule has 1 atom stereocenters. The minimum atomic E-state index is -1.17. The van der Waals surface area contributed by atoms with Crippen LogP contribution in [0.4, 0.5) is 8.78 Å². The Hall–Kier alpha value is -2.80. The normalized spacial score (nSPS) is 12.3. The summed E-state index contributed by atoms with van der Waals surface area (Å²) in [6.07, 6.45) is 0.128. The lowest BCUT2D eigenvalue weighted by Gasteiger charge is -2.13. The van der Waals surface area contributed by atoms with Crippen molar-refractivity contribution in [2.24, 2.45) is 0 Å². The molecule has 0 saturated carbocycles. The van der Waals surface area contributed by atoms with Crippen molar-refractivity contribution in [3.05, 3.63) is 70.3 Å². The lowest BCUT2D eigenvalue weighted by atomic mass is 10.1. The Kier molecular flexibility index (Phi) is 4.26. The van der Waals surface area contributed by atoms with Crippen molar-refractivity contribution in [2.75, 3.05) is 7.11 Å². The van der Waals surface area contributed by atoms with E-state index >= 15 is 0 Å². The SMILES string of the molecule is COc1ccc2c(=O)n(CC(O)c3ccc(F)c(F)c3)cnc2c1. The molecule has 124 valence electrons. The van der Waals surface area contributed by atoms with Crippen LogP contribution in [0, 0.1) is 11.6 Å². The predicted octanol–water partition coefficient (Wildman–Crippen LogP) is 2.42. The van der Waals surface area contributed by atoms with Gasteiger partial charge in [0, 0.05) is 6.07 Å². The average molecular weight is 332 g/mol. The molecule has 0 aliphatic heterocycles. The van der Waals surface area contributed by atoms with Gasteiger partial charge in [0.15, 0.2) is 11.6 Å². The van der Waals surface area contributed by atoms with Crippen LogP contribution in [0.3, 0.4) is 0 Å². The molecular weight excluding hydrogens is 318 g/mol. The molecule has 1 N–H and O–H groups in total. The number of rotatable bonds is 4. The molecule has 3 aromatic rings. The number of halogens is 2. The van der Waals surface area contributed by atoms with E-state index < -0.39 is 17.7 Å². The van der Waals surface area contributed by atoms with E-state index in [1.807, 2.05) is 0 Å². The number of hydrogen-bond acceptors (Lipinski definition) is 4. The second-order valence-corrected chi connectivity index (χ2v) is 5.27. The van der Waals surface area contributed by atoms with E-state index in [0.29, 0.717) is 16.7 Å². The first-order chi connectivity index (χ1) is 11.5. The summed E-state index contributed by atoms with van der Waals surface area (Å²) in [5.41, 5.74) is 0.304. The van der Waals surface area contributed by atoms with Crippen molar-refractivity contribution in [1.82, 2.24) is 9.55 Å². The zero-order valence-corrected chi connectivity index (χ0v) is 12.7. The van der Waals surface area contributed by atoms with E-state index in [0.717, 1.165) is 12.1 Å². The van der Waals surface area contributed by atoms with Gasteiger partial charge in [-0.25, -0.2) is 13.8 Å². The maximum absolute atomic E-state index is 13.3. The van der Waals surface area contributed by atoms with Crippen molar-refractivity contribution in [1.29, 1.82) is 0 Å². The number of nitrogens with zero attached hydrogens (tertiary/aromatic N) is 2. The second kappa shape index (κ2) is 6.37. The maximum Gasteiger partial charge on any atom is 0.261 e. The van der Waals surface area contributed by atoms with Crippen molar-refractivity contribution in [3.8, 4) is 5.75 Å². The Bertz CT molecular complexity index is 956. The molecular formula is C17H14F2N2O3. The zero-order valence-electron chi connectivity index (χ0n) is 12.7. The van der Waals surface area contributed by atoms with E-state index in [2.05, 4.69) is 4.98 Å². The summed E-state index contributed by atoms with van der Waals surface area (Å²) in [4.78, 5) is 16.6. The molecule has 0 bridgehead atoms. The number of ether oxygens (including phenoxy) is 1. The molecule has 3 rings (SSSR count). The molecule has 24 heavy (non-hydrogen) atoms. The van der Waals surface area contributed by atoms with Crippen LogP contribution in [0.2, 0.25) is 0 Å². The Morgan fingerprint density at radius 1 is 1.21 bits per heavy atom. The van der Waals surface area contributed by atoms with Gasteiger partial charge < -0.3 is 9.84 Å². The van der Waals surface area contributed by atoms with Gasteiger partial charge in [-0.15, -0.1) is 0 Å². The third kappa shape index (κ3) is 2.98. The highest BCUT2D eigenvalue weighted by Crippen LogP contribution is 2.19. The summed E-state index contributed by atoms with van der Waals surface area (Å²) < 4.78 is 32.5. The topological polar surface area (TPSA) is 64.3 Å². The molecule has 1 aromatic heterocycles. The molecule has 0 fully saturated rings. The number of aliphatic hydroxyl groups excluding tert-OH is 1. The van der Waals surface area contributed by atoms with Gasteiger partial charge in [-0.2, -0.15) is 0 Å². The van der Waals surface area contributed by atoms with Gasteiger partial charge in [0.2, 0.25) is 0 Å². The summed E-state index contributed by atoms with van der Waals surface area (Å²) in [6, 6.07) is 7.97. The van der Waals surface area contributed by atoms with Gasteiger partial charge in [0.25, 0.3) is 5.56 Å². The minimum absolute atomic E-state index is 0.126. The maximum atomic E-state index is 13.3. The van der Waals surface area contributed by atoms with Crippen LogP contribution in [0.25, 0.3) is 10.9 Å². The van der Waals surface area contributed by atoms with Crippen molar-refractivity contribution >= 4 is 10.9 Å². The van der Waals surface area contributed by atoms with Crippen LogP contribution in [-0.2, 0) is 6.54 Å². The van der Waals surface area contributed by atoms with Crippen LogP contribution in [0.1, 0.15) is 11.7 Å². The quantitative estimate of drug-likeness (QED) is 0.797. The van der Waals surface area contributed by atoms with Gasteiger partial charge in [-0.05, 0) is 29.8 Å². The largest absolute Gasteiger partial charge is 0.497 e. The Morgan fingerprint density at radius 2 is 2.00 bits per heavy atom. The number of aliphatic hydroxyl groups is 1. The molecule has 0 aliphatic carbocycles. The van der Waals surface area contributed by atoms with Crippen LogP contribution in [0.15, 0.2) is 47.5 Å². The Labute approximate surface area is 135 Å². The summed E-state index contributed by atoms with van der Waals surface area (Å²) >= 11 is 0. The molecule has 2 aromatic carbocycles. The number of hydrogen-bond donors (Lipinski definition) is 1.